The van der Waals surface area contributed by atoms with Gasteiger partial charge in [0.05, 0.1) is 6.04 Å². The largest absolute Gasteiger partial charge is 0.306 e. The second-order valence-corrected chi connectivity index (χ2v) is 7.86. The van der Waals surface area contributed by atoms with Crippen molar-refractivity contribution in [2.75, 3.05) is 12.3 Å². The first-order chi connectivity index (χ1) is 10.3. The molecule has 2 aromatic heterocycles. The smallest absolute Gasteiger partial charge is 0.0686 e. The molecule has 0 saturated carbocycles. The lowest BCUT2D eigenvalue weighted by Crippen LogP contribution is -2.22. The summed E-state index contributed by atoms with van der Waals surface area (Å²) >= 11 is 4.04. The summed E-state index contributed by atoms with van der Waals surface area (Å²) in [6.45, 7) is 5.37. The molecule has 0 aliphatic carbocycles. The molecule has 3 rings (SSSR count). The third kappa shape index (κ3) is 3.50. The Kier molecular flexibility index (Phi) is 4.99. The van der Waals surface area contributed by atoms with Crippen LogP contribution >= 0.6 is 23.1 Å². The maximum absolute atomic E-state index is 4.38. The van der Waals surface area contributed by atoms with Crippen molar-refractivity contribution in [3.8, 4) is 0 Å². The normalized spacial score (nSPS) is 15.7. The van der Waals surface area contributed by atoms with Crippen molar-refractivity contribution in [2.45, 2.75) is 38.5 Å². The number of fused-ring (bicyclic) bond motifs is 1. The van der Waals surface area contributed by atoms with Crippen LogP contribution in [0.3, 0.4) is 0 Å². The van der Waals surface area contributed by atoms with Crippen LogP contribution in [0.4, 0.5) is 0 Å². The van der Waals surface area contributed by atoms with Crippen molar-refractivity contribution in [2.24, 2.45) is 0 Å². The Morgan fingerprint density at radius 2 is 2.24 bits per heavy atom. The third-order valence-corrected chi connectivity index (χ3v) is 6.07. The van der Waals surface area contributed by atoms with Crippen LogP contribution in [-0.2, 0) is 12.2 Å². The molecule has 0 fully saturated rings. The first-order valence-corrected chi connectivity index (χ1v) is 9.59. The fourth-order valence-corrected chi connectivity index (χ4v) is 5.20. The van der Waals surface area contributed by atoms with Crippen LogP contribution in [0.25, 0.3) is 0 Å². The summed E-state index contributed by atoms with van der Waals surface area (Å²) in [7, 11) is 0. The number of aryl methyl sites for hydroxylation is 2. The Morgan fingerprint density at radius 3 is 3.00 bits per heavy atom. The number of thiophene rings is 1. The van der Waals surface area contributed by atoms with E-state index in [9.17, 15) is 0 Å². The second kappa shape index (κ2) is 6.95. The minimum Gasteiger partial charge on any atom is -0.306 e. The average Bonchev–Trinajstić information content (AvgIpc) is 2.91. The summed E-state index contributed by atoms with van der Waals surface area (Å²) in [6.07, 6.45) is 6.32. The van der Waals surface area contributed by atoms with E-state index < -0.39 is 0 Å². The molecular weight excluding hydrogens is 296 g/mol. The van der Waals surface area contributed by atoms with Crippen LogP contribution in [0.15, 0.2) is 24.5 Å². The predicted molar refractivity (Wildman–Crippen MR) is 93.3 cm³/mol. The summed E-state index contributed by atoms with van der Waals surface area (Å²) in [6, 6.07) is 4.97. The summed E-state index contributed by atoms with van der Waals surface area (Å²) in [5.41, 5.74) is 4.07. The molecule has 4 heteroatoms. The molecule has 21 heavy (non-hydrogen) atoms. The van der Waals surface area contributed by atoms with Gasteiger partial charge in [-0.1, -0.05) is 13.0 Å². The number of nitrogens with zero attached hydrogens (tertiary/aromatic N) is 1. The van der Waals surface area contributed by atoms with Gasteiger partial charge in [-0.3, -0.25) is 4.98 Å². The van der Waals surface area contributed by atoms with Crippen LogP contribution in [0.5, 0.6) is 0 Å². The van der Waals surface area contributed by atoms with Crippen molar-refractivity contribution in [1.29, 1.82) is 0 Å². The average molecular weight is 319 g/mol. The van der Waals surface area contributed by atoms with Crippen molar-refractivity contribution in [3.05, 3.63) is 51.0 Å². The molecule has 0 saturated heterocycles. The number of thioether (sulfide) groups is 1. The highest BCUT2D eigenvalue weighted by molar-refractivity contribution is 7.98. The number of pyridine rings is 1. The molecule has 0 bridgehead atoms. The Balaban J connectivity index is 1.93. The molecule has 1 atom stereocenters. The fourth-order valence-electron chi connectivity index (χ4n) is 2.72. The van der Waals surface area contributed by atoms with Crippen LogP contribution in [0.1, 0.15) is 45.8 Å². The fraction of sp³-hybridized carbons (Fsp3) is 0.471. The van der Waals surface area contributed by atoms with Gasteiger partial charge < -0.3 is 5.32 Å². The number of hydrogen-bond acceptors (Lipinski definition) is 4. The molecule has 1 aliphatic heterocycles. The molecule has 0 aromatic carbocycles. The summed E-state index contributed by atoms with van der Waals surface area (Å²) in [4.78, 5) is 7.42. The van der Waals surface area contributed by atoms with Crippen LogP contribution in [0, 0.1) is 6.92 Å². The Hall–Kier alpha value is -0.840. The topological polar surface area (TPSA) is 24.9 Å². The number of nitrogens with one attached hydrogen (secondary N) is 1. The maximum atomic E-state index is 4.38. The number of hydrogen-bond donors (Lipinski definition) is 1. The SMILES string of the molecule is CCCNC(c1cncc(C)c1)c1cc2c(s1)CCSC2. The summed E-state index contributed by atoms with van der Waals surface area (Å²) < 4.78 is 0. The molecule has 1 aliphatic rings. The molecule has 1 N–H and O–H groups in total. The van der Waals surface area contributed by atoms with Crippen molar-refractivity contribution >= 4 is 23.1 Å². The molecule has 2 nitrogen and oxygen atoms in total. The third-order valence-electron chi connectivity index (χ3n) is 3.76. The Morgan fingerprint density at radius 1 is 1.33 bits per heavy atom. The lowest BCUT2D eigenvalue weighted by atomic mass is 10.0. The minimum absolute atomic E-state index is 0.290. The van der Waals surface area contributed by atoms with Gasteiger partial charge in [0.2, 0.25) is 0 Å². The quantitative estimate of drug-likeness (QED) is 0.888. The standard InChI is InChI=1S/C17H22N2S2/c1-3-5-19-17(13-7-12(2)9-18-10-13)16-8-14-11-20-6-4-15(14)21-16/h7-10,17,19H,3-6,11H2,1-2H3. The van der Waals surface area contributed by atoms with Crippen LogP contribution in [0.2, 0.25) is 0 Å². The van der Waals surface area contributed by atoms with E-state index >= 15 is 0 Å². The predicted octanol–water partition coefficient (Wildman–Crippen LogP) is 4.33. The zero-order chi connectivity index (χ0) is 14.7. The van der Waals surface area contributed by atoms with E-state index in [1.807, 2.05) is 23.7 Å². The highest BCUT2D eigenvalue weighted by Gasteiger charge is 2.20. The molecule has 2 aromatic rings. The van der Waals surface area contributed by atoms with Crippen molar-refractivity contribution in [1.82, 2.24) is 10.3 Å². The molecular formula is C17H22N2S2. The van der Waals surface area contributed by atoms with Gasteiger partial charge in [-0.05, 0) is 54.8 Å². The molecule has 0 radical (unpaired) electrons. The van der Waals surface area contributed by atoms with Gasteiger partial charge >= 0.3 is 0 Å². The molecule has 1 unspecified atom stereocenters. The van der Waals surface area contributed by atoms with Crippen LogP contribution < -0.4 is 5.32 Å². The van der Waals surface area contributed by atoms with E-state index in [2.05, 4.69) is 48.0 Å². The number of aromatic nitrogens is 1. The van der Waals surface area contributed by atoms with Crippen molar-refractivity contribution in [3.63, 3.8) is 0 Å². The van der Waals surface area contributed by atoms with Gasteiger partial charge in [-0.25, -0.2) is 0 Å². The molecule has 0 spiro atoms. The number of rotatable bonds is 5. The first-order valence-electron chi connectivity index (χ1n) is 7.62. The second-order valence-electron chi connectivity index (χ2n) is 5.58. The van der Waals surface area contributed by atoms with E-state index in [0.29, 0.717) is 0 Å². The first kappa shape index (κ1) is 15.1. The van der Waals surface area contributed by atoms with E-state index in [-0.39, 0.29) is 6.04 Å². The Labute approximate surface area is 135 Å². The minimum atomic E-state index is 0.290. The molecule has 0 amide bonds. The lowest BCUT2D eigenvalue weighted by Gasteiger charge is -2.17. The maximum Gasteiger partial charge on any atom is 0.0686 e. The van der Waals surface area contributed by atoms with Gasteiger partial charge in [0, 0.05) is 27.9 Å². The Bertz CT molecular complexity index is 583. The van der Waals surface area contributed by atoms with Gasteiger partial charge in [-0.15, -0.1) is 11.3 Å². The van der Waals surface area contributed by atoms with E-state index in [4.69, 9.17) is 0 Å². The zero-order valence-electron chi connectivity index (χ0n) is 12.7. The van der Waals surface area contributed by atoms with Gasteiger partial charge in [0.25, 0.3) is 0 Å². The molecule has 112 valence electrons. The monoisotopic (exact) mass is 318 g/mol. The van der Waals surface area contributed by atoms with Gasteiger partial charge in [0.1, 0.15) is 0 Å². The summed E-state index contributed by atoms with van der Waals surface area (Å²) in [5, 5.41) is 3.70. The highest BCUT2D eigenvalue weighted by atomic mass is 32.2. The van der Waals surface area contributed by atoms with E-state index in [1.54, 1.807) is 10.4 Å². The van der Waals surface area contributed by atoms with Gasteiger partial charge in [-0.2, -0.15) is 11.8 Å². The van der Waals surface area contributed by atoms with Gasteiger partial charge in [0.15, 0.2) is 0 Å². The molecule has 3 heterocycles. The van der Waals surface area contributed by atoms with Crippen LogP contribution in [-0.4, -0.2) is 17.3 Å². The summed E-state index contributed by atoms with van der Waals surface area (Å²) in [5.74, 6) is 2.45. The lowest BCUT2D eigenvalue weighted by molar-refractivity contribution is 0.604. The van der Waals surface area contributed by atoms with E-state index in [1.165, 1.54) is 33.9 Å². The van der Waals surface area contributed by atoms with Crippen molar-refractivity contribution < 1.29 is 0 Å². The highest BCUT2D eigenvalue weighted by Crippen LogP contribution is 2.36. The van der Waals surface area contributed by atoms with E-state index in [0.717, 1.165) is 13.0 Å². The zero-order valence-corrected chi connectivity index (χ0v) is 14.3.